The van der Waals surface area contributed by atoms with Crippen LogP contribution in [0.3, 0.4) is 0 Å². The van der Waals surface area contributed by atoms with Crippen molar-refractivity contribution in [1.29, 1.82) is 0 Å². The number of carbonyl (C=O) groups excluding carboxylic acids is 2. The third-order valence-electron chi connectivity index (χ3n) is 3.93. The molecule has 2 aromatic carbocycles. The van der Waals surface area contributed by atoms with Crippen LogP contribution in [-0.2, 0) is 9.53 Å². The SMILES string of the molecule is CCCCOC(=O)c1ccc(NC(=O)C(C)Oc2ccc(Cl)cc2C)cc1. The molecule has 0 fully saturated rings. The Morgan fingerprint density at radius 2 is 1.85 bits per heavy atom. The molecule has 1 N–H and O–H groups in total. The fourth-order valence-corrected chi connectivity index (χ4v) is 2.54. The number of aryl methyl sites for hydroxylation is 1. The second-order valence-electron chi connectivity index (χ2n) is 6.23. The largest absolute Gasteiger partial charge is 0.481 e. The number of rotatable bonds is 8. The molecule has 1 atom stereocenters. The first-order valence-electron chi connectivity index (χ1n) is 8.91. The summed E-state index contributed by atoms with van der Waals surface area (Å²) in [5.41, 5.74) is 1.88. The molecule has 0 saturated carbocycles. The van der Waals surface area contributed by atoms with Gasteiger partial charge in [-0.3, -0.25) is 4.79 Å². The molecule has 5 nitrogen and oxygen atoms in total. The van der Waals surface area contributed by atoms with Crippen LogP contribution in [0.4, 0.5) is 5.69 Å². The lowest BCUT2D eigenvalue weighted by atomic mass is 10.2. The lowest BCUT2D eigenvalue weighted by Crippen LogP contribution is -2.30. The van der Waals surface area contributed by atoms with Crippen LogP contribution < -0.4 is 10.1 Å². The molecular weight excluding hydrogens is 366 g/mol. The van der Waals surface area contributed by atoms with Crippen LogP contribution in [0, 0.1) is 6.92 Å². The summed E-state index contributed by atoms with van der Waals surface area (Å²) in [5.74, 6) is -0.0499. The average Bonchev–Trinajstić information content (AvgIpc) is 2.64. The van der Waals surface area contributed by atoms with E-state index in [0.717, 1.165) is 18.4 Å². The van der Waals surface area contributed by atoms with E-state index in [1.54, 1.807) is 49.4 Å². The minimum atomic E-state index is -0.691. The number of amides is 1. The number of nitrogens with one attached hydrogen (secondary N) is 1. The fraction of sp³-hybridized carbons (Fsp3) is 0.333. The Morgan fingerprint density at radius 1 is 1.15 bits per heavy atom. The molecule has 0 heterocycles. The van der Waals surface area contributed by atoms with Gasteiger partial charge in [0.05, 0.1) is 12.2 Å². The van der Waals surface area contributed by atoms with Crippen LogP contribution in [0.5, 0.6) is 5.75 Å². The lowest BCUT2D eigenvalue weighted by Gasteiger charge is -2.16. The van der Waals surface area contributed by atoms with Gasteiger partial charge in [-0.15, -0.1) is 0 Å². The Bertz CT molecular complexity index is 789. The minimum Gasteiger partial charge on any atom is -0.481 e. The molecule has 0 radical (unpaired) electrons. The summed E-state index contributed by atoms with van der Waals surface area (Å²) in [5, 5.41) is 3.39. The third kappa shape index (κ3) is 6.29. The van der Waals surface area contributed by atoms with E-state index >= 15 is 0 Å². The Morgan fingerprint density at radius 3 is 2.48 bits per heavy atom. The van der Waals surface area contributed by atoms with Crippen LogP contribution >= 0.6 is 11.6 Å². The Balaban J connectivity index is 1.91. The summed E-state index contributed by atoms with van der Waals surface area (Å²) < 4.78 is 10.9. The van der Waals surface area contributed by atoms with E-state index in [0.29, 0.717) is 28.6 Å². The fourth-order valence-electron chi connectivity index (χ4n) is 2.32. The number of hydrogen-bond donors (Lipinski definition) is 1. The average molecular weight is 390 g/mol. The number of unbranched alkanes of at least 4 members (excludes halogenated alkanes) is 1. The molecule has 2 aromatic rings. The molecule has 27 heavy (non-hydrogen) atoms. The van der Waals surface area contributed by atoms with Gasteiger partial charge in [-0.2, -0.15) is 0 Å². The summed E-state index contributed by atoms with van der Waals surface area (Å²) >= 11 is 5.93. The molecule has 1 amide bonds. The normalized spacial score (nSPS) is 11.6. The maximum atomic E-state index is 12.3. The molecule has 0 bridgehead atoms. The highest BCUT2D eigenvalue weighted by molar-refractivity contribution is 6.30. The van der Waals surface area contributed by atoms with Crippen molar-refractivity contribution in [3.63, 3.8) is 0 Å². The highest BCUT2D eigenvalue weighted by atomic mass is 35.5. The van der Waals surface area contributed by atoms with Crippen molar-refractivity contribution in [1.82, 2.24) is 0 Å². The van der Waals surface area contributed by atoms with Gasteiger partial charge in [0, 0.05) is 10.7 Å². The molecule has 0 spiro atoms. The van der Waals surface area contributed by atoms with Gasteiger partial charge in [0.1, 0.15) is 5.75 Å². The predicted molar refractivity (Wildman–Crippen MR) is 107 cm³/mol. The molecule has 0 aliphatic rings. The lowest BCUT2D eigenvalue weighted by molar-refractivity contribution is -0.122. The van der Waals surface area contributed by atoms with Crippen molar-refractivity contribution in [3.05, 3.63) is 58.6 Å². The molecule has 0 aromatic heterocycles. The van der Waals surface area contributed by atoms with Crippen LogP contribution in [-0.4, -0.2) is 24.6 Å². The first-order chi connectivity index (χ1) is 12.9. The smallest absolute Gasteiger partial charge is 0.338 e. The summed E-state index contributed by atoms with van der Waals surface area (Å²) in [6.45, 7) is 5.98. The van der Waals surface area contributed by atoms with Crippen molar-refractivity contribution < 1.29 is 19.1 Å². The van der Waals surface area contributed by atoms with Crippen LogP contribution in [0.1, 0.15) is 42.6 Å². The summed E-state index contributed by atoms with van der Waals surface area (Å²) in [6, 6.07) is 11.8. The predicted octanol–water partition coefficient (Wildman–Crippen LogP) is 5.01. The maximum absolute atomic E-state index is 12.3. The molecule has 0 aliphatic carbocycles. The highest BCUT2D eigenvalue weighted by Gasteiger charge is 2.16. The number of ether oxygens (including phenoxy) is 2. The third-order valence-corrected chi connectivity index (χ3v) is 4.16. The number of esters is 1. The monoisotopic (exact) mass is 389 g/mol. The number of carbonyl (C=O) groups is 2. The standard InChI is InChI=1S/C21H24ClNO4/c1-4-5-12-26-21(25)16-6-9-18(10-7-16)23-20(24)15(3)27-19-11-8-17(22)13-14(19)2/h6-11,13,15H,4-5,12H2,1-3H3,(H,23,24). The van der Waals surface area contributed by atoms with Crippen molar-refractivity contribution in [2.45, 2.75) is 39.7 Å². The molecule has 6 heteroatoms. The molecule has 0 aliphatic heterocycles. The molecule has 2 rings (SSSR count). The number of anilines is 1. The van der Waals surface area contributed by atoms with Crippen molar-refractivity contribution in [2.24, 2.45) is 0 Å². The second kappa shape index (κ2) is 9.97. The van der Waals surface area contributed by atoms with Crippen LogP contribution in [0.25, 0.3) is 0 Å². The van der Waals surface area contributed by atoms with Crippen molar-refractivity contribution in [2.75, 3.05) is 11.9 Å². The Kier molecular flexibility index (Phi) is 7.67. The van der Waals surface area contributed by atoms with Gasteiger partial charge in [-0.1, -0.05) is 24.9 Å². The van der Waals surface area contributed by atoms with E-state index in [-0.39, 0.29) is 11.9 Å². The van der Waals surface area contributed by atoms with E-state index in [1.807, 2.05) is 13.8 Å². The minimum absolute atomic E-state index is 0.289. The summed E-state index contributed by atoms with van der Waals surface area (Å²) in [4.78, 5) is 24.2. The second-order valence-corrected chi connectivity index (χ2v) is 6.66. The molecule has 1 unspecified atom stereocenters. The quantitative estimate of drug-likeness (QED) is 0.509. The zero-order valence-electron chi connectivity index (χ0n) is 15.8. The molecule has 0 saturated heterocycles. The first-order valence-corrected chi connectivity index (χ1v) is 9.29. The van der Waals surface area contributed by atoms with Gasteiger partial charge in [-0.05, 0) is 68.3 Å². The van der Waals surface area contributed by atoms with Gasteiger partial charge in [0.2, 0.25) is 0 Å². The Labute approximate surface area is 164 Å². The molecular formula is C21H24ClNO4. The van der Waals surface area contributed by atoms with Crippen molar-refractivity contribution >= 4 is 29.2 Å². The number of halogens is 1. The summed E-state index contributed by atoms with van der Waals surface area (Å²) in [6.07, 6.45) is 1.11. The molecule has 144 valence electrons. The van der Waals surface area contributed by atoms with Gasteiger partial charge >= 0.3 is 5.97 Å². The van der Waals surface area contributed by atoms with Crippen molar-refractivity contribution in [3.8, 4) is 5.75 Å². The van der Waals surface area contributed by atoms with Gasteiger partial charge in [-0.25, -0.2) is 4.79 Å². The van der Waals surface area contributed by atoms with Crippen LogP contribution in [0.15, 0.2) is 42.5 Å². The topological polar surface area (TPSA) is 64.6 Å². The van der Waals surface area contributed by atoms with Gasteiger partial charge in [0.25, 0.3) is 5.91 Å². The Hall–Kier alpha value is -2.53. The zero-order valence-corrected chi connectivity index (χ0v) is 16.5. The number of benzene rings is 2. The summed E-state index contributed by atoms with van der Waals surface area (Å²) in [7, 11) is 0. The zero-order chi connectivity index (χ0) is 19.8. The van der Waals surface area contributed by atoms with E-state index in [9.17, 15) is 9.59 Å². The highest BCUT2D eigenvalue weighted by Crippen LogP contribution is 2.23. The first kappa shape index (κ1) is 20.8. The number of hydrogen-bond acceptors (Lipinski definition) is 4. The van der Waals surface area contributed by atoms with E-state index in [1.165, 1.54) is 0 Å². The van der Waals surface area contributed by atoms with Gasteiger partial charge < -0.3 is 14.8 Å². The van der Waals surface area contributed by atoms with Crippen LogP contribution in [0.2, 0.25) is 5.02 Å². The maximum Gasteiger partial charge on any atom is 0.338 e. The van der Waals surface area contributed by atoms with E-state index in [4.69, 9.17) is 21.1 Å². The van der Waals surface area contributed by atoms with E-state index in [2.05, 4.69) is 5.32 Å². The van der Waals surface area contributed by atoms with Gasteiger partial charge in [0.15, 0.2) is 6.10 Å². The van der Waals surface area contributed by atoms with E-state index < -0.39 is 6.10 Å².